The van der Waals surface area contributed by atoms with Crippen LogP contribution in [-0.4, -0.2) is 29.3 Å². The average Bonchev–Trinajstić information content (AvgIpc) is 3.23. The summed E-state index contributed by atoms with van der Waals surface area (Å²) in [5.74, 6) is 1.29. The summed E-state index contributed by atoms with van der Waals surface area (Å²) in [7, 11) is 0. The number of aromatic nitrogens is 2. The molecule has 2 rings (SSSR count). The van der Waals surface area contributed by atoms with Crippen LogP contribution in [0.2, 0.25) is 0 Å². The van der Waals surface area contributed by atoms with Crippen LogP contribution in [-0.2, 0) is 12.8 Å². The second kappa shape index (κ2) is 6.60. The van der Waals surface area contributed by atoms with Gasteiger partial charge in [-0.2, -0.15) is 18.2 Å². The van der Waals surface area contributed by atoms with Crippen LogP contribution in [0.5, 0.6) is 5.88 Å². The van der Waals surface area contributed by atoms with Crippen molar-refractivity contribution < 1.29 is 17.9 Å². The van der Waals surface area contributed by atoms with Crippen molar-refractivity contribution in [1.82, 2.24) is 9.97 Å². The summed E-state index contributed by atoms with van der Waals surface area (Å²) >= 11 is 0. The number of aryl methyl sites for hydroxylation is 1. The Hall–Kier alpha value is -1.37. The molecule has 2 N–H and O–H groups in total. The number of halogens is 3. The second-order valence-electron chi connectivity index (χ2n) is 5.19. The maximum Gasteiger partial charge on any atom is 0.392 e. The predicted octanol–water partition coefficient (Wildman–Crippen LogP) is 2.75. The molecule has 0 saturated heterocycles. The molecule has 7 heteroatoms. The second-order valence-corrected chi connectivity index (χ2v) is 5.19. The molecule has 1 saturated carbocycles. The first-order valence-corrected chi connectivity index (χ1v) is 7.24. The van der Waals surface area contributed by atoms with E-state index in [0.29, 0.717) is 31.1 Å². The number of nitrogens with zero attached hydrogens (tertiary/aromatic N) is 2. The van der Waals surface area contributed by atoms with E-state index in [2.05, 4.69) is 9.97 Å². The van der Waals surface area contributed by atoms with Gasteiger partial charge in [0.1, 0.15) is 5.82 Å². The Labute approximate surface area is 121 Å². The lowest BCUT2D eigenvalue weighted by Gasteiger charge is -2.15. The molecule has 0 bridgehead atoms. The van der Waals surface area contributed by atoms with Gasteiger partial charge in [-0.05, 0) is 32.2 Å². The van der Waals surface area contributed by atoms with E-state index >= 15 is 0 Å². The topological polar surface area (TPSA) is 61.0 Å². The number of alkyl halides is 3. The Balaban J connectivity index is 2.20. The van der Waals surface area contributed by atoms with Crippen molar-refractivity contribution in [2.75, 3.05) is 13.2 Å². The number of rotatable bonds is 7. The van der Waals surface area contributed by atoms with E-state index in [-0.39, 0.29) is 5.88 Å². The zero-order chi connectivity index (χ0) is 15.5. The first kappa shape index (κ1) is 16.0. The minimum atomic E-state index is -4.23. The molecular formula is C14H20F3N3O. The molecule has 0 aromatic carbocycles. The first-order chi connectivity index (χ1) is 9.94. The Morgan fingerprint density at radius 1 is 1.29 bits per heavy atom. The Bertz CT molecular complexity index is 487. The predicted molar refractivity (Wildman–Crippen MR) is 72.3 cm³/mol. The van der Waals surface area contributed by atoms with Crippen molar-refractivity contribution in [3.63, 3.8) is 0 Å². The van der Waals surface area contributed by atoms with Gasteiger partial charge in [0.05, 0.1) is 18.7 Å². The molecule has 0 aliphatic heterocycles. The van der Waals surface area contributed by atoms with Gasteiger partial charge in [-0.25, -0.2) is 4.98 Å². The average molecular weight is 303 g/mol. The summed E-state index contributed by atoms with van der Waals surface area (Å²) in [4.78, 5) is 8.85. The van der Waals surface area contributed by atoms with Crippen molar-refractivity contribution >= 4 is 0 Å². The zero-order valence-electron chi connectivity index (χ0n) is 12.0. The molecule has 118 valence electrons. The quantitative estimate of drug-likeness (QED) is 0.841. The van der Waals surface area contributed by atoms with Gasteiger partial charge < -0.3 is 10.5 Å². The molecule has 0 amide bonds. The molecule has 0 atom stereocenters. The van der Waals surface area contributed by atoms with E-state index in [0.717, 1.165) is 24.1 Å². The van der Waals surface area contributed by atoms with E-state index < -0.39 is 19.2 Å². The summed E-state index contributed by atoms with van der Waals surface area (Å²) in [6.45, 7) is 1.92. The third kappa shape index (κ3) is 4.56. The van der Waals surface area contributed by atoms with Gasteiger partial charge in [-0.3, -0.25) is 0 Å². The summed E-state index contributed by atoms with van der Waals surface area (Å²) < 4.78 is 42.0. The summed E-state index contributed by atoms with van der Waals surface area (Å²) in [6.07, 6.45) is -1.96. The number of hydrogen-bond donors (Lipinski definition) is 1. The third-order valence-corrected chi connectivity index (χ3v) is 3.37. The lowest BCUT2D eigenvalue weighted by molar-refractivity contribution is -0.139. The van der Waals surface area contributed by atoms with Crippen LogP contribution in [0.1, 0.15) is 49.2 Å². The van der Waals surface area contributed by atoms with E-state index in [1.165, 1.54) is 0 Å². The van der Waals surface area contributed by atoms with Gasteiger partial charge in [0.25, 0.3) is 0 Å². The smallest absolute Gasteiger partial charge is 0.392 e. The molecule has 0 radical (unpaired) electrons. The van der Waals surface area contributed by atoms with Crippen LogP contribution in [0.3, 0.4) is 0 Å². The van der Waals surface area contributed by atoms with Gasteiger partial charge in [0.15, 0.2) is 0 Å². The number of ether oxygens (including phenoxy) is 1. The minimum Gasteiger partial charge on any atom is -0.477 e. The van der Waals surface area contributed by atoms with Crippen molar-refractivity contribution in [3.8, 4) is 5.88 Å². The van der Waals surface area contributed by atoms with E-state index in [4.69, 9.17) is 10.5 Å². The highest BCUT2D eigenvalue weighted by Gasteiger charge is 2.30. The molecule has 1 aromatic rings. The van der Waals surface area contributed by atoms with Crippen LogP contribution in [0.25, 0.3) is 0 Å². The first-order valence-electron chi connectivity index (χ1n) is 7.24. The fourth-order valence-electron chi connectivity index (χ4n) is 2.12. The maximum absolute atomic E-state index is 12.2. The minimum absolute atomic E-state index is 0.276. The Kier molecular flexibility index (Phi) is 5.03. The highest BCUT2D eigenvalue weighted by Crippen LogP contribution is 2.39. The van der Waals surface area contributed by atoms with E-state index in [1.807, 2.05) is 6.92 Å². The summed E-state index contributed by atoms with van der Waals surface area (Å²) in [5, 5.41) is 0. The molecule has 0 spiro atoms. The highest BCUT2D eigenvalue weighted by molar-refractivity contribution is 5.33. The molecule has 1 heterocycles. The van der Waals surface area contributed by atoms with Gasteiger partial charge in [0.2, 0.25) is 5.88 Å². The van der Waals surface area contributed by atoms with Crippen molar-refractivity contribution in [3.05, 3.63) is 17.1 Å². The molecular weight excluding hydrogens is 283 g/mol. The van der Waals surface area contributed by atoms with Gasteiger partial charge in [-0.1, -0.05) is 6.92 Å². The Morgan fingerprint density at radius 3 is 2.52 bits per heavy atom. The molecule has 0 unspecified atom stereocenters. The van der Waals surface area contributed by atoms with Crippen molar-refractivity contribution in [2.45, 2.75) is 51.1 Å². The fourth-order valence-corrected chi connectivity index (χ4v) is 2.12. The van der Waals surface area contributed by atoms with Crippen LogP contribution in [0, 0.1) is 0 Å². The molecule has 21 heavy (non-hydrogen) atoms. The highest BCUT2D eigenvalue weighted by atomic mass is 19.4. The molecule has 1 aliphatic rings. The number of hydrogen-bond acceptors (Lipinski definition) is 4. The van der Waals surface area contributed by atoms with Crippen LogP contribution < -0.4 is 10.5 Å². The van der Waals surface area contributed by atoms with Crippen LogP contribution in [0.15, 0.2) is 0 Å². The van der Waals surface area contributed by atoms with E-state index in [9.17, 15) is 13.2 Å². The number of nitrogens with two attached hydrogens (primary N) is 1. The van der Waals surface area contributed by atoms with Gasteiger partial charge >= 0.3 is 6.18 Å². The normalized spacial score (nSPS) is 15.3. The van der Waals surface area contributed by atoms with Gasteiger partial charge in [-0.15, -0.1) is 0 Å². The van der Waals surface area contributed by atoms with Gasteiger partial charge in [0, 0.05) is 11.5 Å². The van der Waals surface area contributed by atoms with Crippen LogP contribution >= 0.6 is 0 Å². The fraction of sp³-hybridized carbons (Fsp3) is 0.714. The lowest BCUT2D eigenvalue weighted by Crippen LogP contribution is -2.16. The van der Waals surface area contributed by atoms with Crippen LogP contribution in [0.4, 0.5) is 13.2 Å². The molecule has 1 aromatic heterocycles. The molecule has 1 aliphatic carbocycles. The summed E-state index contributed by atoms with van der Waals surface area (Å²) in [5.41, 5.74) is 7.14. The van der Waals surface area contributed by atoms with Crippen molar-refractivity contribution in [1.29, 1.82) is 0 Å². The van der Waals surface area contributed by atoms with Crippen molar-refractivity contribution in [2.24, 2.45) is 5.73 Å². The maximum atomic E-state index is 12.2. The third-order valence-electron chi connectivity index (χ3n) is 3.37. The van der Waals surface area contributed by atoms with E-state index in [1.54, 1.807) is 0 Å². The summed E-state index contributed by atoms with van der Waals surface area (Å²) in [6, 6.07) is 0. The largest absolute Gasteiger partial charge is 0.477 e. The lowest BCUT2D eigenvalue weighted by atomic mass is 10.1. The Morgan fingerprint density at radius 2 is 2.00 bits per heavy atom. The standard InChI is InChI=1S/C14H20F3N3O/c1-2-11-10(5-7-18)13(21-8-6-14(15,16)17)20-12(19-11)9-3-4-9/h9H,2-8,18H2,1H3. The SMILES string of the molecule is CCc1nc(C2CC2)nc(OCCC(F)(F)F)c1CCN. The monoisotopic (exact) mass is 303 g/mol. The zero-order valence-corrected chi connectivity index (χ0v) is 12.0. The molecule has 1 fully saturated rings. The molecule has 4 nitrogen and oxygen atoms in total.